The van der Waals surface area contributed by atoms with Crippen molar-refractivity contribution < 1.29 is 0 Å². The number of rotatable bonds is 1. The first-order chi connectivity index (χ1) is 1.91. The predicted octanol–water partition coefficient (Wildman–Crippen LogP) is -0.609. The molecule has 0 heterocycles. The first-order valence-corrected chi connectivity index (χ1v) is 1.35. The summed E-state index contributed by atoms with van der Waals surface area (Å²) in [5.41, 5.74) is 0. The molecule has 0 aliphatic carbocycles. The minimum atomic E-state index is 0. The summed E-state index contributed by atoms with van der Waals surface area (Å²) < 4.78 is 0. The summed E-state index contributed by atoms with van der Waals surface area (Å²) >= 11 is 0. The third-order valence-electron chi connectivity index (χ3n) is 0.250. The molecule has 0 aliphatic rings. The molecule has 0 aromatic rings. The maximum absolute atomic E-state index is 3.49. The van der Waals surface area contributed by atoms with Gasteiger partial charge in [-0.05, 0) is 20.5 Å². The van der Waals surface area contributed by atoms with E-state index >= 15 is 0 Å². The van der Waals surface area contributed by atoms with E-state index in [9.17, 15) is 0 Å². The van der Waals surface area contributed by atoms with Crippen molar-refractivity contribution in [1.29, 1.82) is 0 Å². The van der Waals surface area contributed by atoms with Gasteiger partial charge in [0.05, 0.1) is 0 Å². The van der Waals surface area contributed by atoms with E-state index in [-0.39, 0.29) is 29.6 Å². The van der Waals surface area contributed by atoms with Crippen LogP contribution in [-0.2, 0) is 0 Å². The molecule has 0 aromatic heterocycles. The Labute approximate surface area is 55.4 Å². The van der Waals surface area contributed by atoms with E-state index in [4.69, 9.17) is 0 Å². The topological polar surface area (TPSA) is 12.0 Å². The van der Waals surface area contributed by atoms with Crippen molar-refractivity contribution in [3.05, 3.63) is 6.92 Å². The molecular weight excluding hydrogens is 73.0 g/mol. The molecule has 0 aromatic carbocycles. The van der Waals surface area contributed by atoms with Crippen LogP contribution in [0.25, 0.3) is 0 Å². The average Bonchev–Trinajstić information content (AvgIpc) is 1.37. The second-order valence-corrected chi connectivity index (χ2v) is 0.604. The van der Waals surface area contributed by atoms with Gasteiger partial charge in [0.1, 0.15) is 0 Å². The van der Waals surface area contributed by atoms with Gasteiger partial charge in [0, 0.05) is 0 Å². The van der Waals surface area contributed by atoms with Gasteiger partial charge >= 0.3 is 29.6 Å². The number of hydrogen-bond acceptors (Lipinski definition) is 1. The van der Waals surface area contributed by atoms with Crippen LogP contribution in [0.4, 0.5) is 0 Å². The van der Waals surface area contributed by atoms with Crippen molar-refractivity contribution in [2.24, 2.45) is 0 Å². The molecule has 1 radical (unpaired) electrons. The fourth-order valence-electron chi connectivity index (χ4n) is 0. The summed E-state index contributed by atoms with van der Waals surface area (Å²) in [6, 6.07) is 0. The number of nitrogens with one attached hydrogen (secondary N) is 1. The van der Waals surface area contributed by atoms with Crippen LogP contribution in [0.2, 0.25) is 0 Å². The third kappa shape index (κ3) is 11.3. The molecule has 0 spiro atoms. The van der Waals surface area contributed by atoms with Crippen molar-refractivity contribution >= 4 is 29.6 Å². The van der Waals surface area contributed by atoms with Crippen molar-refractivity contribution in [2.45, 2.75) is 0 Å². The zero-order valence-electron chi connectivity index (χ0n) is 2.91. The predicted molar refractivity (Wildman–Crippen MR) is 26.4 cm³/mol. The summed E-state index contributed by atoms with van der Waals surface area (Å²) in [4.78, 5) is 0. The molecule has 0 bridgehead atoms. The molecule has 5 heavy (non-hydrogen) atoms. The quantitative estimate of drug-likeness (QED) is 0.416. The molecule has 27 valence electrons. The van der Waals surface area contributed by atoms with Crippen molar-refractivity contribution in [2.75, 3.05) is 13.6 Å². The average molecular weight is 82.1 g/mol. The molecule has 0 saturated carbocycles. The summed E-state index contributed by atoms with van der Waals surface area (Å²) in [7, 11) is 1.87. The molecule has 2 heteroatoms. The molecule has 1 N–H and O–H groups in total. The zero-order chi connectivity index (χ0) is 3.41. The second-order valence-electron chi connectivity index (χ2n) is 0.604. The van der Waals surface area contributed by atoms with E-state index in [1.54, 1.807) is 0 Å². The Hall–Kier alpha value is 0.960. The van der Waals surface area contributed by atoms with Gasteiger partial charge in [0.25, 0.3) is 0 Å². The van der Waals surface area contributed by atoms with Crippen LogP contribution in [0.1, 0.15) is 0 Å². The van der Waals surface area contributed by atoms with Gasteiger partial charge in [-0.1, -0.05) is 0 Å². The van der Waals surface area contributed by atoms with Crippen molar-refractivity contribution in [1.82, 2.24) is 5.32 Å². The van der Waals surface area contributed by atoms with E-state index < -0.39 is 0 Å². The summed E-state index contributed by atoms with van der Waals surface area (Å²) in [5, 5.41) is 2.82. The van der Waals surface area contributed by atoms with Crippen LogP contribution in [0.15, 0.2) is 0 Å². The van der Waals surface area contributed by atoms with Crippen LogP contribution >= 0.6 is 0 Å². The Morgan fingerprint density at radius 3 is 2.00 bits per heavy atom. The van der Waals surface area contributed by atoms with Crippen LogP contribution in [0.3, 0.4) is 0 Å². The molecular formula is C3H9NNa. The molecule has 0 saturated heterocycles. The number of hydrogen-bond donors (Lipinski definition) is 1. The van der Waals surface area contributed by atoms with Gasteiger partial charge in [-0.2, -0.15) is 0 Å². The van der Waals surface area contributed by atoms with Crippen LogP contribution < -0.4 is 5.32 Å². The Morgan fingerprint density at radius 1 is 1.80 bits per heavy atom. The summed E-state index contributed by atoms with van der Waals surface area (Å²) in [5.74, 6) is 0. The van der Waals surface area contributed by atoms with Gasteiger partial charge < -0.3 is 5.32 Å². The molecule has 0 amide bonds. The Balaban J connectivity index is 0. The van der Waals surface area contributed by atoms with E-state index in [0.29, 0.717) is 0 Å². The summed E-state index contributed by atoms with van der Waals surface area (Å²) in [6.45, 7) is 4.31. The SMILES string of the molecule is [CH2]CNC.[NaH]. The first-order valence-electron chi connectivity index (χ1n) is 1.35. The normalized spacial score (nSPS) is 6.00. The van der Waals surface area contributed by atoms with Gasteiger partial charge in [-0.3, -0.25) is 0 Å². The van der Waals surface area contributed by atoms with Crippen LogP contribution in [-0.4, -0.2) is 43.1 Å². The Morgan fingerprint density at radius 2 is 2.00 bits per heavy atom. The van der Waals surface area contributed by atoms with Gasteiger partial charge in [-0.15, -0.1) is 0 Å². The van der Waals surface area contributed by atoms with E-state index in [1.807, 2.05) is 7.05 Å². The van der Waals surface area contributed by atoms with E-state index in [0.717, 1.165) is 6.54 Å². The Kier molecular flexibility index (Phi) is 16.6. The Bertz CT molecular complexity index is 8.85. The molecule has 0 atom stereocenters. The van der Waals surface area contributed by atoms with Gasteiger partial charge in [0.2, 0.25) is 0 Å². The molecule has 1 nitrogen and oxygen atoms in total. The first kappa shape index (κ1) is 9.35. The standard InChI is InChI=1S/C3H8N.Na.H/c1-3-4-2;;/h4H,1,3H2,2H3;;. The summed E-state index contributed by atoms with van der Waals surface area (Å²) in [6.07, 6.45) is 0. The third-order valence-corrected chi connectivity index (χ3v) is 0.250. The fourth-order valence-corrected chi connectivity index (χ4v) is 0. The molecule has 0 rings (SSSR count). The van der Waals surface area contributed by atoms with Crippen molar-refractivity contribution in [3.8, 4) is 0 Å². The van der Waals surface area contributed by atoms with Crippen LogP contribution in [0, 0.1) is 6.92 Å². The van der Waals surface area contributed by atoms with Gasteiger partial charge in [0.15, 0.2) is 0 Å². The zero-order valence-corrected chi connectivity index (χ0v) is 2.91. The minimum absolute atomic E-state index is 0. The maximum atomic E-state index is 3.49. The monoisotopic (exact) mass is 82.1 g/mol. The van der Waals surface area contributed by atoms with E-state index in [1.165, 1.54) is 0 Å². The van der Waals surface area contributed by atoms with Crippen LogP contribution in [0.5, 0.6) is 0 Å². The van der Waals surface area contributed by atoms with Crippen molar-refractivity contribution in [3.63, 3.8) is 0 Å². The molecule has 0 unspecified atom stereocenters. The fraction of sp³-hybridized carbons (Fsp3) is 0.667. The second kappa shape index (κ2) is 8.88. The van der Waals surface area contributed by atoms with E-state index in [2.05, 4.69) is 12.2 Å². The molecule has 0 aliphatic heterocycles. The molecule has 0 fully saturated rings. The van der Waals surface area contributed by atoms with Gasteiger partial charge in [-0.25, -0.2) is 0 Å².